The molecule has 1 aromatic rings. The lowest BCUT2D eigenvalue weighted by molar-refractivity contribution is -0.394. The Labute approximate surface area is 437 Å². The second-order valence-electron chi connectivity index (χ2n) is 19.1. The number of carbonyl (C=O) groups excluding carboxylic acids is 2. The fourth-order valence-corrected chi connectivity index (χ4v) is 9.58. The summed E-state index contributed by atoms with van der Waals surface area (Å²) in [5.74, 6) is -6.95. The molecule has 32 heteroatoms. The van der Waals surface area contributed by atoms with Crippen LogP contribution in [0.5, 0.6) is 0 Å². The van der Waals surface area contributed by atoms with Crippen molar-refractivity contribution in [3.63, 3.8) is 0 Å². The number of aliphatic hydroxyl groups is 16. The van der Waals surface area contributed by atoms with Crippen LogP contribution >= 0.6 is 0 Å². The number of rotatable bonds is 22. The van der Waals surface area contributed by atoms with Gasteiger partial charge in [-0.1, -0.05) is 24.3 Å². The van der Waals surface area contributed by atoms with Gasteiger partial charge in [-0.25, -0.2) is 4.79 Å². The maximum absolute atomic E-state index is 13.0. The molecule has 5 fully saturated rings. The largest absolute Gasteiger partial charge is 0.477 e. The van der Waals surface area contributed by atoms with Gasteiger partial charge in [0.1, 0.15) is 116 Å². The zero-order chi connectivity index (χ0) is 56.8. The van der Waals surface area contributed by atoms with Crippen LogP contribution in [0.3, 0.4) is 0 Å². The summed E-state index contributed by atoms with van der Waals surface area (Å²) in [6, 6.07) is 2.85. The molecule has 1 aromatic carbocycles. The second-order valence-corrected chi connectivity index (χ2v) is 19.1. The third kappa shape index (κ3) is 14.0. The van der Waals surface area contributed by atoms with Crippen LogP contribution < -0.4 is 10.6 Å². The van der Waals surface area contributed by atoms with Crippen molar-refractivity contribution in [2.45, 2.75) is 192 Å². The zero-order valence-corrected chi connectivity index (χ0v) is 41.3. The third-order valence-corrected chi connectivity index (χ3v) is 13.7. The summed E-state index contributed by atoms with van der Waals surface area (Å²) in [5, 5.41) is 187. The van der Waals surface area contributed by atoms with Gasteiger partial charge in [-0.2, -0.15) is 0 Å². The standard InChI is InChI=1S/C45H70N2O30/c1-15(54)46-25-19(56)7-45(44(66)67,76-37(25)27(58)20(57)9-49)77-38-29(60)22(11-51)70-43(33(38)64)73-35-23(12-52)71-40(26(30(35)61)47-16(2)55)75-39-34(65)41(68-14-18-5-3-17(8-48)4-6-18)72-24(13-53)36(39)74-42-32(63)31(62)28(59)21(10-50)69-42/h3-6,19-43,48-53,56-65H,7-14H2,1-2H3,(H,46,54)(H,47,55)(H,66,67)/t19-,20+,21+,22+,23+,24+,25+,26+,27+,28+,29-,30+,31-,32+,33+,34+,35+,36-,37+,38-,39+,40-,41+,42-,43-,45-/m0/s1. The molecule has 0 spiro atoms. The van der Waals surface area contributed by atoms with Crippen LogP contribution in [-0.4, -0.2) is 297 Å². The average Bonchev–Trinajstić information content (AvgIpc) is 3.42. The number of aliphatic carboxylic acids is 1. The van der Waals surface area contributed by atoms with E-state index in [-0.39, 0.29) is 13.2 Å². The lowest BCUT2D eigenvalue weighted by Gasteiger charge is -2.51. The number of carboxylic acids is 1. The topological polar surface area (TPSA) is 511 Å². The molecule has 77 heavy (non-hydrogen) atoms. The van der Waals surface area contributed by atoms with E-state index in [0.29, 0.717) is 11.1 Å². The van der Waals surface area contributed by atoms with Gasteiger partial charge in [-0.3, -0.25) is 9.59 Å². The Hall–Kier alpha value is -3.41. The Kier molecular flexibility index (Phi) is 22.3. The Bertz CT molecular complexity index is 2050. The molecule has 0 saturated carbocycles. The smallest absolute Gasteiger partial charge is 0.364 e. The van der Waals surface area contributed by atoms with Crippen LogP contribution in [0.15, 0.2) is 24.3 Å². The minimum Gasteiger partial charge on any atom is -0.477 e. The molecule has 2 amide bonds. The number of carbonyl (C=O) groups is 3. The molecular weight excluding hydrogens is 1050 g/mol. The molecule has 5 heterocycles. The fraction of sp³-hybridized carbons (Fsp3) is 0.800. The Morgan fingerprint density at radius 1 is 0.584 bits per heavy atom. The van der Waals surface area contributed by atoms with Gasteiger partial charge in [0.05, 0.1) is 58.4 Å². The van der Waals surface area contributed by atoms with Gasteiger partial charge in [-0.15, -0.1) is 0 Å². The molecule has 5 saturated heterocycles. The molecule has 0 bridgehead atoms. The molecule has 5 aliphatic heterocycles. The van der Waals surface area contributed by atoms with Crippen molar-refractivity contribution in [2.75, 3.05) is 33.0 Å². The van der Waals surface area contributed by atoms with Gasteiger partial charge in [0.2, 0.25) is 11.8 Å². The third-order valence-electron chi connectivity index (χ3n) is 13.7. The van der Waals surface area contributed by atoms with E-state index in [2.05, 4.69) is 10.6 Å². The second kappa shape index (κ2) is 27.4. The fourth-order valence-electron chi connectivity index (χ4n) is 9.58. The highest BCUT2D eigenvalue weighted by atomic mass is 16.8. The van der Waals surface area contributed by atoms with E-state index >= 15 is 0 Å². The Balaban J connectivity index is 1.29. The number of aliphatic hydroxyl groups excluding tert-OH is 16. The minimum absolute atomic E-state index is 0.267. The van der Waals surface area contributed by atoms with Crippen molar-refractivity contribution >= 4 is 17.8 Å². The highest BCUT2D eigenvalue weighted by Crippen LogP contribution is 2.40. The maximum atomic E-state index is 13.0. The van der Waals surface area contributed by atoms with Gasteiger partial charge in [0.15, 0.2) is 25.2 Å². The quantitative estimate of drug-likeness (QED) is 0.0513. The van der Waals surface area contributed by atoms with Crippen LogP contribution in [0.2, 0.25) is 0 Å². The van der Waals surface area contributed by atoms with Crippen LogP contribution in [0, 0.1) is 0 Å². The monoisotopic (exact) mass is 1120 g/mol. The molecule has 0 radical (unpaired) electrons. The molecule has 0 unspecified atom stereocenters. The summed E-state index contributed by atoms with van der Waals surface area (Å²) >= 11 is 0. The number of benzene rings is 1. The van der Waals surface area contributed by atoms with Crippen molar-refractivity contribution in [3.05, 3.63) is 35.4 Å². The molecule has 5 aliphatic rings. The van der Waals surface area contributed by atoms with Crippen LogP contribution in [0.25, 0.3) is 0 Å². The number of amides is 2. The highest BCUT2D eigenvalue weighted by Gasteiger charge is 2.61. The van der Waals surface area contributed by atoms with Crippen molar-refractivity contribution in [2.24, 2.45) is 0 Å². The highest BCUT2D eigenvalue weighted by molar-refractivity contribution is 5.76. The summed E-state index contributed by atoms with van der Waals surface area (Å²) in [6.07, 6.45) is -46.8. The number of hydrogen-bond acceptors (Lipinski definition) is 29. The maximum Gasteiger partial charge on any atom is 0.364 e. The lowest BCUT2D eigenvalue weighted by atomic mass is 9.88. The number of nitrogens with one attached hydrogen (secondary N) is 2. The summed E-state index contributed by atoms with van der Waals surface area (Å²) < 4.78 is 58.5. The van der Waals surface area contributed by atoms with Crippen molar-refractivity contribution in [3.8, 4) is 0 Å². The van der Waals surface area contributed by atoms with Crippen LogP contribution in [0.1, 0.15) is 31.4 Å². The van der Waals surface area contributed by atoms with Gasteiger partial charge in [0.25, 0.3) is 5.79 Å². The Morgan fingerprint density at radius 2 is 1.08 bits per heavy atom. The summed E-state index contributed by atoms with van der Waals surface area (Å²) in [7, 11) is 0. The first-order valence-electron chi connectivity index (χ1n) is 24.3. The zero-order valence-electron chi connectivity index (χ0n) is 41.3. The molecule has 0 aromatic heterocycles. The van der Waals surface area contributed by atoms with E-state index in [1.54, 1.807) is 24.3 Å². The predicted molar refractivity (Wildman–Crippen MR) is 242 cm³/mol. The normalized spacial score (nSPS) is 42.5. The van der Waals surface area contributed by atoms with E-state index < -0.39 is 216 Å². The Morgan fingerprint density at radius 3 is 1.64 bits per heavy atom. The SMILES string of the molecule is CC(=O)N[C@H]1[C@H](O[C@@H]2[C@@H](O)[C@H](OCc3ccc(CO)cc3)O[C@H](CO)[C@@H]2O[C@@H]2O[C@H](CO)[C@@H](O)[C@H](O)[C@H]2O)O[C@H](CO)[C@@H](O[C@@H]2O[C@H](CO)[C@H](O)[C@H](O[C@]3(C(=O)O)C[C@H](O)[C@@H](NC(C)=O)[C@H]([C@H](O)[C@H](O)CO)O3)[C@H]2O)[C@@H]1O. The van der Waals surface area contributed by atoms with E-state index in [9.17, 15) is 101 Å². The van der Waals surface area contributed by atoms with Gasteiger partial charge in [0, 0.05) is 20.3 Å². The van der Waals surface area contributed by atoms with Crippen molar-refractivity contribution < 1.29 is 149 Å². The molecule has 19 N–H and O–H groups in total. The predicted octanol–water partition coefficient (Wildman–Crippen LogP) is -10.7. The van der Waals surface area contributed by atoms with E-state index in [0.717, 1.165) is 13.8 Å². The number of ether oxygens (including phenoxy) is 10. The van der Waals surface area contributed by atoms with E-state index in [1.807, 2.05) is 0 Å². The van der Waals surface area contributed by atoms with Gasteiger partial charge in [-0.05, 0) is 11.1 Å². The van der Waals surface area contributed by atoms with Gasteiger partial charge >= 0.3 is 5.97 Å². The molecule has 32 nitrogen and oxygen atoms in total. The number of carboxylic acid groups (broad SMARTS) is 1. The first kappa shape index (κ1) is 62.8. The van der Waals surface area contributed by atoms with Crippen LogP contribution in [0.4, 0.5) is 0 Å². The van der Waals surface area contributed by atoms with Gasteiger partial charge < -0.3 is 145 Å². The molecule has 440 valence electrons. The molecular formula is C45H70N2O30. The molecule has 26 atom stereocenters. The first-order chi connectivity index (χ1) is 36.5. The average molecular weight is 1120 g/mol. The first-order valence-corrected chi connectivity index (χ1v) is 24.3. The summed E-state index contributed by atoms with van der Waals surface area (Å²) in [6.45, 7) is -3.75. The van der Waals surface area contributed by atoms with E-state index in [4.69, 9.17) is 47.4 Å². The summed E-state index contributed by atoms with van der Waals surface area (Å²) in [4.78, 5) is 37.9. The van der Waals surface area contributed by atoms with Crippen LogP contribution in [-0.2, 0) is 75.0 Å². The minimum atomic E-state index is -3.18. The molecule has 6 rings (SSSR count). The van der Waals surface area contributed by atoms with E-state index in [1.165, 1.54) is 0 Å². The van der Waals surface area contributed by atoms with Crippen molar-refractivity contribution in [1.82, 2.24) is 10.6 Å². The number of hydrogen-bond donors (Lipinski definition) is 19. The summed E-state index contributed by atoms with van der Waals surface area (Å²) in [5.41, 5.74) is 1.06. The molecule has 0 aliphatic carbocycles. The lowest BCUT2D eigenvalue weighted by Crippen LogP contribution is -2.71. The van der Waals surface area contributed by atoms with Crippen molar-refractivity contribution in [1.29, 1.82) is 0 Å².